The third kappa shape index (κ3) is 3.08. The Morgan fingerprint density at radius 1 is 1.23 bits per heavy atom. The normalized spacial score (nSPS) is 13.9. The highest BCUT2D eigenvalue weighted by Gasteiger charge is 2.22. The van der Waals surface area contributed by atoms with E-state index in [-0.39, 0.29) is 5.91 Å². The van der Waals surface area contributed by atoms with Crippen LogP contribution in [0.25, 0.3) is 11.0 Å². The van der Waals surface area contributed by atoms with Crippen molar-refractivity contribution in [3.63, 3.8) is 0 Å². The first-order valence-corrected chi connectivity index (χ1v) is 9.09. The first-order valence-electron chi connectivity index (χ1n) is 9.09. The zero-order valence-electron chi connectivity index (χ0n) is 15.2. The Balaban J connectivity index is 1.54. The number of aromatic nitrogens is 3. The fourth-order valence-electron chi connectivity index (χ4n) is 3.52. The van der Waals surface area contributed by atoms with Gasteiger partial charge in [-0.2, -0.15) is 0 Å². The lowest BCUT2D eigenvalue weighted by Gasteiger charge is -2.14. The second kappa shape index (κ2) is 6.88. The summed E-state index contributed by atoms with van der Waals surface area (Å²) in [7, 11) is 1.84. The van der Waals surface area contributed by atoms with Gasteiger partial charge in [-0.05, 0) is 48.4 Å². The molecule has 26 heavy (non-hydrogen) atoms. The van der Waals surface area contributed by atoms with Crippen molar-refractivity contribution in [1.29, 1.82) is 0 Å². The van der Waals surface area contributed by atoms with Crippen molar-refractivity contribution < 1.29 is 4.79 Å². The molecular weight excluding hydrogens is 326 g/mol. The summed E-state index contributed by atoms with van der Waals surface area (Å²) in [6.07, 6.45) is 2.40. The van der Waals surface area contributed by atoms with Crippen LogP contribution in [0.2, 0.25) is 0 Å². The molecule has 0 unspecified atom stereocenters. The molecule has 1 N–H and O–H groups in total. The summed E-state index contributed by atoms with van der Waals surface area (Å²) in [5.74, 6) is -0.113. The van der Waals surface area contributed by atoms with E-state index in [4.69, 9.17) is 0 Å². The van der Waals surface area contributed by atoms with E-state index < -0.39 is 0 Å². The summed E-state index contributed by atoms with van der Waals surface area (Å²) in [5.41, 5.74) is 5.68. The van der Waals surface area contributed by atoms with E-state index in [0.717, 1.165) is 36.4 Å². The van der Waals surface area contributed by atoms with Crippen LogP contribution in [0.3, 0.4) is 0 Å². The first kappa shape index (κ1) is 16.7. The summed E-state index contributed by atoms with van der Waals surface area (Å²) in [4.78, 5) is 15.2. The number of carbonyl (C=O) groups is 1. The number of carbonyl (C=O) groups excluding carboxylic acids is 1. The van der Waals surface area contributed by atoms with E-state index in [1.165, 1.54) is 24.0 Å². The van der Waals surface area contributed by atoms with Gasteiger partial charge in [-0.15, -0.1) is 5.10 Å². The Hall–Kier alpha value is -2.73. The molecule has 134 valence electrons. The quantitative estimate of drug-likeness (QED) is 0.767. The van der Waals surface area contributed by atoms with Gasteiger partial charge in [-0.3, -0.25) is 9.69 Å². The monoisotopic (exact) mass is 349 g/mol. The molecule has 0 saturated carbocycles. The molecule has 0 radical (unpaired) electrons. The minimum atomic E-state index is -0.113. The van der Waals surface area contributed by atoms with Crippen LogP contribution in [0.4, 0.5) is 5.69 Å². The summed E-state index contributed by atoms with van der Waals surface area (Å²) >= 11 is 0. The number of unbranched alkanes of at least 4 members (excludes halogenated alkanes) is 1. The molecule has 0 atom stereocenters. The molecule has 0 bridgehead atoms. The van der Waals surface area contributed by atoms with Crippen LogP contribution < -0.4 is 5.32 Å². The average Bonchev–Trinajstić information content (AvgIpc) is 3.24. The predicted molar refractivity (Wildman–Crippen MR) is 102 cm³/mol. The Morgan fingerprint density at radius 3 is 2.96 bits per heavy atom. The highest BCUT2D eigenvalue weighted by Crippen LogP contribution is 2.30. The predicted octanol–water partition coefficient (Wildman–Crippen LogP) is 3.34. The molecule has 0 fully saturated rings. The molecule has 1 aromatic heterocycles. The molecule has 3 aromatic rings. The lowest BCUT2D eigenvalue weighted by Crippen LogP contribution is -2.18. The molecule has 2 aromatic carbocycles. The largest absolute Gasteiger partial charge is 0.322 e. The van der Waals surface area contributed by atoms with Crippen molar-refractivity contribution >= 4 is 22.6 Å². The summed E-state index contributed by atoms with van der Waals surface area (Å²) in [6, 6.07) is 11.6. The van der Waals surface area contributed by atoms with Crippen LogP contribution in [0, 0.1) is 0 Å². The number of aryl methyl sites for hydroxylation is 1. The molecule has 6 nitrogen and oxygen atoms in total. The maximum atomic E-state index is 12.7. The maximum Gasteiger partial charge on any atom is 0.255 e. The van der Waals surface area contributed by atoms with Crippen LogP contribution in [0.5, 0.6) is 0 Å². The highest BCUT2D eigenvalue weighted by atomic mass is 16.1. The number of nitrogens with one attached hydrogen (secondary N) is 1. The van der Waals surface area contributed by atoms with Gasteiger partial charge in [0.1, 0.15) is 5.52 Å². The van der Waals surface area contributed by atoms with Crippen LogP contribution in [-0.2, 0) is 20.1 Å². The molecule has 2 heterocycles. The molecule has 1 aliphatic heterocycles. The van der Waals surface area contributed by atoms with Gasteiger partial charge < -0.3 is 5.32 Å². The third-order valence-electron chi connectivity index (χ3n) is 5.00. The Morgan fingerprint density at radius 2 is 2.12 bits per heavy atom. The number of rotatable bonds is 5. The van der Waals surface area contributed by atoms with Gasteiger partial charge in [0.05, 0.1) is 5.52 Å². The summed E-state index contributed by atoms with van der Waals surface area (Å²) in [5, 5.41) is 11.2. The van der Waals surface area contributed by atoms with Gasteiger partial charge in [0.15, 0.2) is 0 Å². The molecule has 0 aliphatic carbocycles. The standard InChI is InChI=1S/C20H23N5O/c1-3-4-10-25-12-15-6-5-7-17(16(15)13-25)21-20(26)14-8-9-19-18(11-14)22-23-24(19)2/h5-9,11H,3-4,10,12-13H2,1-2H3,(H,21,26). The first-order chi connectivity index (χ1) is 12.7. The summed E-state index contributed by atoms with van der Waals surface area (Å²) < 4.78 is 1.70. The molecule has 0 spiro atoms. The van der Waals surface area contributed by atoms with Gasteiger partial charge in [0, 0.05) is 31.4 Å². The van der Waals surface area contributed by atoms with E-state index in [2.05, 4.69) is 33.5 Å². The molecule has 1 amide bonds. The zero-order valence-corrected chi connectivity index (χ0v) is 15.2. The summed E-state index contributed by atoms with van der Waals surface area (Å²) in [6.45, 7) is 5.17. The van der Waals surface area contributed by atoms with Gasteiger partial charge in [-0.1, -0.05) is 30.7 Å². The Bertz CT molecular complexity index is 962. The van der Waals surface area contributed by atoms with Crippen molar-refractivity contribution in [3.05, 3.63) is 53.1 Å². The molecule has 4 rings (SSSR count). The Kier molecular flexibility index (Phi) is 4.42. The second-order valence-electron chi connectivity index (χ2n) is 6.88. The van der Waals surface area contributed by atoms with Crippen LogP contribution in [0.15, 0.2) is 36.4 Å². The minimum Gasteiger partial charge on any atom is -0.322 e. The highest BCUT2D eigenvalue weighted by molar-refractivity contribution is 6.06. The SMILES string of the molecule is CCCCN1Cc2cccc(NC(=O)c3ccc4c(c3)nnn4C)c2C1. The van der Waals surface area contributed by atoms with Gasteiger partial charge >= 0.3 is 0 Å². The fraction of sp³-hybridized carbons (Fsp3) is 0.350. The topological polar surface area (TPSA) is 63.1 Å². The van der Waals surface area contributed by atoms with Crippen molar-refractivity contribution in [2.45, 2.75) is 32.9 Å². The minimum absolute atomic E-state index is 0.113. The Labute approximate surface area is 152 Å². The van der Waals surface area contributed by atoms with E-state index in [1.54, 1.807) is 10.7 Å². The smallest absolute Gasteiger partial charge is 0.255 e. The lowest BCUT2D eigenvalue weighted by molar-refractivity contribution is 0.102. The van der Waals surface area contributed by atoms with Crippen molar-refractivity contribution in [2.24, 2.45) is 7.05 Å². The number of hydrogen-bond acceptors (Lipinski definition) is 4. The third-order valence-corrected chi connectivity index (χ3v) is 5.00. The van der Waals surface area contributed by atoms with E-state index in [1.807, 2.05) is 31.3 Å². The number of amides is 1. The second-order valence-corrected chi connectivity index (χ2v) is 6.88. The van der Waals surface area contributed by atoms with Gasteiger partial charge in [0.25, 0.3) is 5.91 Å². The number of hydrogen-bond donors (Lipinski definition) is 1. The fourth-order valence-corrected chi connectivity index (χ4v) is 3.52. The van der Waals surface area contributed by atoms with Crippen LogP contribution in [-0.4, -0.2) is 32.3 Å². The van der Waals surface area contributed by atoms with E-state index in [9.17, 15) is 4.79 Å². The molecule has 6 heteroatoms. The zero-order chi connectivity index (χ0) is 18.1. The van der Waals surface area contributed by atoms with Crippen molar-refractivity contribution in [1.82, 2.24) is 19.9 Å². The van der Waals surface area contributed by atoms with E-state index >= 15 is 0 Å². The van der Waals surface area contributed by atoms with Crippen LogP contribution in [0.1, 0.15) is 41.3 Å². The number of nitrogens with zero attached hydrogens (tertiary/aromatic N) is 4. The molecular formula is C20H23N5O. The van der Waals surface area contributed by atoms with E-state index in [0.29, 0.717) is 5.56 Å². The van der Waals surface area contributed by atoms with Gasteiger partial charge in [-0.25, -0.2) is 4.68 Å². The average molecular weight is 349 g/mol. The number of fused-ring (bicyclic) bond motifs is 2. The van der Waals surface area contributed by atoms with Crippen LogP contribution >= 0.6 is 0 Å². The maximum absolute atomic E-state index is 12.7. The number of benzene rings is 2. The van der Waals surface area contributed by atoms with Crippen molar-refractivity contribution in [2.75, 3.05) is 11.9 Å². The molecule has 0 saturated heterocycles. The number of anilines is 1. The van der Waals surface area contributed by atoms with Crippen molar-refractivity contribution in [3.8, 4) is 0 Å². The molecule has 1 aliphatic rings. The lowest BCUT2D eigenvalue weighted by atomic mass is 10.1. The van der Waals surface area contributed by atoms with Gasteiger partial charge in [0.2, 0.25) is 0 Å².